The zero-order chi connectivity index (χ0) is 13.2. The average molecular weight is 257 g/mol. The summed E-state index contributed by atoms with van der Waals surface area (Å²) in [4.78, 5) is 5.02. The third kappa shape index (κ3) is 7.31. The van der Waals surface area contributed by atoms with Crippen LogP contribution >= 0.6 is 0 Å². The van der Waals surface area contributed by atoms with Crippen LogP contribution in [0.4, 0.5) is 0 Å². The van der Waals surface area contributed by atoms with Gasteiger partial charge in [0, 0.05) is 45.4 Å². The number of rotatable bonds is 9. The lowest BCUT2D eigenvalue weighted by Crippen LogP contribution is -2.47. The van der Waals surface area contributed by atoms with Crippen molar-refractivity contribution in [2.24, 2.45) is 0 Å². The first-order chi connectivity index (χ1) is 8.72. The molecule has 0 atom stereocenters. The number of ether oxygens (including phenoxy) is 1. The van der Waals surface area contributed by atoms with Gasteiger partial charge in [0.25, 0.3) is 0 Å². The van der Waals surface area contributed by atoms with Gasteiger partial charge in [-0.05, 0) is 19.5 Å². The van der Waals surface area contributed by atoms with Gasteiger partial charge in [0.1, 0.15) is 0 Å². The van der Waals surface area contributed by atoms with E-state index in [9.17, 15) is 0 Å². The summed E-state index contributed by atoms with van der Waals surface area (Å²) in [7, 11) is 0. The summed E-state index contributed by atoms with van der Waals surface area (Å²) < 4.78 is 5.68. The topological polar surface area (TPSA) is 27.7 Å². The van der Waals surface area contributed by atoms with Gasteiger partial charge in [0.2, 0.25) is 0 Å². The largest absolute Gasteiger partial charge is 0.380 e. The number of nitrogens with one attached hydrogen (secondary N) is 1. The molecule has 0 unspecified atom stereocenters. The molecule has 0 bridgehead atoms. The fraction of sp³-hybridized carbons (Fsp3) is 1.00. The maximum absolute atomic E-state index is 5.68. The first-order valence-electron chi connectivity index (χ1n) is 7.48. The zero-order valence-corrected chi connectivity index (χ0v) is 12.5. The minimum atomic E-state index is 0.583. The van der Waals surface area contributed by atoms with Gasteiger partial charge < -0.3 is 15.0 Å². The van der Waals surface area contributed by atoms with E-state index in [0.29, 0.717) is 6.04 Å². The summed E-state index contributed by atoms with van der Waals surface area (Å²) >= 11 is 0. The van der Waals surface area contributed by atoms with Crippen molar-refractivity contribution < 1.29 is 4.74 Å². The molecular weight excluding hydrogens is 226 g/mol. The molecule has 1 N–H and O–H groups in total. The van der Waals surface area contributed by atoms with Gasteiger partial charge in [-0.15, -0.1) is 0 Å². The second-order valence-electron chi connectivity index (χ2n) is 5.35. The SMILES string of the molecule is CCN1CCN(CCOCCCNC(C)C)CC1. The molecule has 0 aromatic rings. The molecule has 0 radical (unpaired) electrons. The summed E-state index contributed by atoms with van der Waals surface area (Å²) in [6, 6.07) is 0.583. The van der Waals surface area contributed by atoms with Crippen LogP contribution in [-0.2, 0) is 4.74 Å². The van der Waals surface area contributed by atoms with Crippen molar-refractivity contribution >= 4 is 0 Å². The van der Waals surface area contributed by atoms with E-state index in [1.54, 1.807) is 0 Å². The Balaban J connectivity index is 1.86. The summed E-state index contributed by atoms with van der Waals surface area (Å²) in [5, 5.41) is 3.40. The van der Waals surface area contributed by atoms with Gasteiger partial charge in [0.15, 0.2) is 0 Å². The van der Waals surface area contributed by atoms with E-state index in [-0.39, 0.29) is 0 Å². The predicted octanol–water partition coefficient (Wildman–Crippen LogP) is 1.03. The lowest BCUT2D eigenvalue weighted by molar-refractivity contribution is 0.0760. The molecule has 108 valence electrons. The van der Waals surface area contributed by atoms with Gasteiger partial charge in [0.05, 0.1) is 6.61 Å². The van der Waals surface area contributed by atoms with Crippen molar-refractivity contribution in [3.63, 3.8) is 0 Å². The Hall–Kier alpha value is -0.160. The molecule has 1 saturated heterocycles. The van der Waals surface area contributed by atoms with Crippen LogP contribution in [0.1, 0.15) is 27.2 Å². The van der Waals surface area contributed by atoms with Crippen LogP contribution in [0.2, 0.25) is 0 Å². The quantitative estimate of drug-likeness (QED) is 0.624. The molecule has 0 spiro atoms. The molecule has 1 fully saturated rings. The molecule has 1 heterocycles. The van der Waals surface area contributed by atoms with E-state index in [1.165, 1.54) is 32.7 Å². The molecule has 18 heavy (non-hydrogen) atoms. The van der Waals surface area contributed by atoms with E-state index < -0.39 is 0 Å². The number of nitrogens with zero attached hydrogens (tertiary/aromatic N) is 2. The Morgan fingerprint density at radius 1 is 1.06 bits per heavy atom. The van der Waals surface area contributed by atoms with Crippen molar-refractivity contribution in [2.45, 2.75) is 33.2 Å². The van der Waals surface area contributed by atoms with Crippen LogP contribution in [0.25, 0.3) is 0 Å². The maximum Gasteiger partial charge on any atom is 0.0593 e. The standard InChI is InChI=1S/C14H31N3O/c1-4-16-7-9-17(10-8-16)11-13-18-12-5-6-15-14(2)3/h14-15H,4-13H2,1-3H3. The average Bonchev–Trinajstić information content (AvgIpc) is 2.38. The second-order valence-corrected chi connectivity index (χ2v) is 5.35. The molecule has 4 heteroatoms. The van der Waals surface area contributed by atoms with Gasteiger partial charge in [-0.2, -0.15) is 0 Å². The number of hydrogen-bond donors (Lipinski definition) is 1. The Morgan fingerprint density at radius 2 is 1.72 bits per heavy atom. The van der Waals surface area contributed by atoms with Crippen LogP contribution in [0.5, 0.6) is 0 Å². The molecule has 0 saturated carbocycles. The highest BCUT2D eigenvalue weighted by molar-refractivity contribution is 4.70. The van der Waals surface area contributed by atoms with E-state index in [1.807, 2.05) is 0 Å². The van der Waals surface area contributed by atoms with Gasteiger partial charge in [-0.25, -0.2) is 0 Å². The third-order valence-corrected chi connectivity index (χ3v) is 3.48. The summed E-state index contributed by atoms with van der Waals surface area (Å²) in [6.07, 6.45) is 1.11. The van der Waals surface area contributed by atoms with Crippen molar-refractivity contribution in [3.05, 3.63) is 0 Å². The molecule has 0 amide bonds. The molecule has 4 nitrogen and oxygen atoms in total. The van der Waals surface area contributed by atoms with Crippen LogP contribution in [0, 0.1) is 0 Å². The van der Waals surface area contributed by atoms with Crippen molar-refractivity contribution in [1.29, 1.82) is 0 Å². The second kappa shape index (κ2) is 9.73. The Kier molecular flexibility index (Phi) is 8.59. The number of hydrogen-bond acceptors (Lipinski definition) is 4. The van der Waals surface area contributed by atoms with Crippen LogP contribution in [0.3, 0.4) is 0 Å². The van der Waals surface area contributed by atoms with Gasteiger partial charge in [-0.3, -0.25) is 4.90 Å². The minimum absolute atomic E-state index is 0.583. The monoisotopic (exact) mass is 257 g/mol. The lowest BCUT2D eigenvalue weighted by atomic mass is 10.3. The van der Waals surface area contributed by atoms with Gasteiger partial charge in [-0.1, -0.05) is 20.8 Å². The molecule has 1 aliphatic rings. The smallest absolute Gasteiger partial charge is 0.0593 e. The lowest BCUT2D eigenvalue weighted by Gasteiger charge is -2.33. The molecule has 0 aromatic carbocycles. The highest BCUT2D eigenvalue weighted by atomic mass is 16.5. The predicted molar refractivity (Wildman–Crippen MR) is 77.1 cm³/mol. The summed E-state index contributed by atoms with van der Waals surface area (Å²) in [5.74, 6) is 0. The first-order valence-corrected chi connectivity index (χ1v) is 7.48. The molecule has 1 aliphatic heterocycles. The molecular formula is C14H31N3O. The zero-order valence-electron chi connectivity index (χ0n) is 12.5. The van der Waals surface area contributed by atoms with E-state index in [0.717, 1.165) is 32.7 Å². The Labute approximate surface area is 113 Å². The fourth-order valence-electron chi connectivity index (χ4n) is 2.19. The number of piperazine rings is 1. The first kappa shape index (κ1) is 15.9. The van der Waals surface area contributed by atoms with Crippen LogP contribution in [0.15, 0.2) is 0 Å². The molecule has 1 rings (SSSR count). The fourth-order valence-corrected chi connectivity index (χ4v) is 2.19. The van der Waals surface area contributed by atoms with Gasteiger partial charge >= 0.3 is 0 Å². The highest BCUT2D eigenvalue weighted by Gasteiger charge is 2.14. The normalized spacial score (nSPS) is 18.7. The van der Waals surface area contributed by atoms with Crippen LogP contribution in [-0.4, -0.2) is 74.9 Å². The third-order valence-electron chi connectivity index (χ3n) is 3.48. The highest BCUT2D eigenvalue weighted by Crippen LogP contribution is 2.00. The molecule has 0 aromatic heterocycles. The minimum Gasteiger partial charge on any atom is -0.380 e. The van der Waals surface area contributed by atoms with E-state index in [2.05, 4.69) is 35.9 Å². The maximum atomic E-state index is 5.68. The van der Waals surface area contributed by atoms with Crippen LogP contribution < -0.4 is 5.32 Å². The van der Waals surface area contributed by atoms with Crippen molar-refractivity contribution in [1.82, 2.24) is 15.1 Å². The molecule has 0 aliphatic carbocycles. The van der Waals surface area contributed by atoms with E-state index in [4.69, 9.17) is 4.74 Å². The summed E-state index contributed by atoms with van der Waals surface area (Å²) in [5.41, 5.74) is 0. The Morgan fingerprint density at radius 3 is 2.33 bits per heavy atom. The van der Waals surface area contributed by atoms with Crippen molar-refractivity contribution in [3.8, 4) is 0 Å². The van der Waals surface area contributed by atoms with Crippen molar-refractivity contribution in [2.75, 3.05) is 59.0 Å². The summed E-state index contributed by atoms with van der Waals surface area (Å²) in [6.45, 7) is 16.5. The Bertz CT molecular complexity index is 191. The van der Waals surface area contributed by atoms with E-state index >= 15 is 0 Å². The number of likely N-dealkylation sites (N-methyl/N-ethyl adjacent to an activating group) is 1.